The van der Waals surface area contributed by atoms with Gasteiger partial charge in [-0.05, 0) is 25.0 Å². The first-order valence-electron chi connectivity index (χ1n) is 6.95. The van der Waals surface area contributed by atoms with E-state index < -0.39 is 23.1 Å². The number of ether oxygens (including phenoxy) is 1. The summed E-state index contributed by atoms with van der Waals surface area (Å²) in [5.41, 5.74) is 2.54. The summed E-state index contributed by atoms with van der Waals surface area (Å²) in [6.45, 7) is 3.58. The molecule has 0 amide bonds. The highest BCUT2D eigenvalue weighted by molar-refractivity contribution is 5.90. The average Bonchev–Trinajstić information content (AvgIpc) is 2.73. The molecule has 0 radical (unpaired) electrons. The van der Waals surface area contributed by atoms with E-state index >= 15 is 0 Å². The third-order valence-electron chi connectivity index (χ3n) is 3.99. The van der Waals surface area contributed by atoms with Crippen molar-refractivity contribution in [3.8, 4) is 11.1 Å². The van der Waals surface area contributed by atoms with E-state index in [1.54, 1.807) is 19.1 Å². The number of aliphatic hydroxyl groups is 2. The minimum absolute atomic E-state index is 0.458. The second-order valence-corrected chi connectivity index (χ2v) is 5.56. The Hall–Kier alpha value is -2.75. The molecule has 1 aliphatic rings. The Morgan fingerprint density at radius 3 is 1.86 bits per heavy atom. The summed E-state index contributed by atoms with van der Waals surface area (Å²) in [7, 11) is 0. The van der Waals surface area contributed by atoms with Crippen LogP contribution in [0.3, 0.4) is 0 Å². The molecule has 0 aromatic heterocycles. The lowest BCUT2D eigenvalue weighted by atomic mass is 9.92. The number of carbonyl (C=O) groups is 1. The number of rotatable bonds is 2. The highest BCUT2D eigenvalue weighted by atomic mass is 16.6. The van der Waals surface area contributed by atoms with Crippen molar-refractivity contribution < 1.29 is 19.7 Å². The fraction of sp³-hybridized carbons (Fsp3) is 0.167. The number of benzene rings is 2. The van der Waals surface area contributed by atoms with E-state index in [0.717, 1.165) is 11.1 Å². The fourth-order valence-corrected chi connectivity index (χ4v) is 2.53. The number of carbonyl (C=O) groups excluding carboxylic acids is 1. The van der Waals surface area contributed by atoms with Gasteiger partial charge in [0.05, 0.1) is 0 Å². The molecule has 2 N–H and O–H groups in total. The molecule has 0 bridgehead atoms. The summed E-state index contributed by atoms with van der Waals surface area (Å²) < 4.78 is 5.11. The first-order chi connectivity index (χ1) is 10.4. The lowest BCUT2D eigenvalue weighted by Gasteiger charge is -2.23. The van der Waals surface area contributed by atoms with Crippen LogP contribution in [0.5, 0.6) is 0 Å². The highest BCUT2D eigenvalue weighted by Gasteiger charge is 2.46. The van der Waals surface area contributed by atoms with Crippen LogP contribution < -0.4 is 0 Å². The van der Waals surface area contributed by atoms with Crippen molar-refractivity contribution in [2.45, 2.75) is 19.4 Å². The van der Waals surface area contributed by atoms with Crippen LogP contribution in [0.1, 0.15) is 18.1 Å². The van der Waals surface area contributed by atoms with E-state index in [-0.39, 0.29) is 0 Å². The van der Waals surface area contributed by atoms with Gasteiger partial charge in [-0.3, -0.25) is 0 Å². The Bertz CT molecular complexity index is 757. The zero-order chi connectivity index (χ0) is 15.9. The van der Waals surface area contributed by atoms with Crippen LogP contribution in [0.25, 0.3) is 11.1 Å². The smallest absolute Gasteiger partial charge is 0.378 e. The summed E-state index contributed by atoms with van der Waals surface area (Å²) in [4.78, 5) is 11.4. The Morgan fingerprint density at radius 2 is 1.41 bits per heavy atom. The molecule has 0 spiro atoms. The third-order valence-corrected chi connectivity index (χ3v) is 3.99. The Morgan fingerprint density at radius 1 is 0.909 bits per heavy atom. The molecular formula is C18H16O4. The number of aryl methyl sites for hydroxylation is 1. The molecule has 4 heteroatoms. The van der Waals surface area contributed by atoms with Crippen molar-refractivity contribution in [2.24, 2.45) is 0 Å². The molecule has 2 aromatic rings. The Balaban J connectivity index is 1.95. The first-order valence-corrected chi connectivity index (χ1v) is 6.95. The van der Waals surface area contributed by atoms with Gasteiger partial charge in [-0.25, -0.2) is 4.79 Å². The third kappa shape index (κ3) is 2.13. The molecule has 22 heavy (non-hydrogen) atoms. The van der Waals surface area contributed by atoms with E-state index in [4.69, 9.17) is 4.74 Å². The molecule has 3 rings (SSSR count). The predicted octanol–water partition coefficient (Wildman–Crippen LogP) is 3.76. The number of hydrogen-bond acceptors (Lipinski definition) is 4. The van der Waals surface area contributed by atoms with Crippen molar-refractivity contribution in [2.75, 3.05) is 0 Å². The molecule has 0 saturated heterocycles. The van der Waals surface area contributed by atoms with Gasteiger partial charge in [-0.2, -0.15) is 0 Å². The van der Waals surface area contributed by atoms with Gasteiger partial charge >= 0.3 is 5.97 Å². The summed E-state index contributed by atoms with van der Waals surface area (Å²) in [5, 5.41) is 19.4. The molecule has 1 atom stereocenters. The van der Waals surface area contributed by atoms with Gasteiger partial charge in [-0.15, -0.1) is 0 Å². The lowest BCUT2D eigenvalue weighted by molar-refractivity contribution is -0.149. The largest absolute Gasteiger partial charge is 0.505 e. The molecule has 112 valence electrons. The van der Waals surface area contributed by atoms with Gasteiger partial charge in [0.2, 0.25) is 5.76 Å². The fourth-order valence-electron chi connectivity index (χ4n) is 2.53. The molecule has 0 saturated carbocycles. The molecule has 1 heterocycles. The Labute approximate surface area is 128 Å². The maximum absolute atomic E-state index is 11.4. The van der Waals surface area contributed by atoms with Crippen LogP contribution in [-0.4, -0.2) is 16.2 Å². The first kappa shape index (κ1) is 14.2. The summed E-state index contributed by atoms with van der Waals surface area (Å²) >= 11 is 0. The van der Waals surface area contributed by atoms with Crippen LogP contribution in [-0.2, 0) is 15.1 Å². The van der Waals surface area contributed by atoms with E-state index in [0.29, 0.717) is 5.56 Å². The summed E-state index contributed by atoms with van der Waals surface area (Å²) in [6.07, 6.45) is 0. The van der Waals surface area contributed by atoms with Gasteiger partial charge in [0.1, 0.15) is 0 Å². The molecule has 1 unspecified atom stereocenters. The molecule has 0 fully saturated rings. The standard InChI is InChI=1S/C18H16O4/c1-11-3-5-12(6-4-11)13-7-9-14(10-8-13)18(2)16(20)15(19)17(21)22-18/h3-10,19-20H,1-2H3. The van der Waals surface area contributed by atoms with Crippen LogP contribution in [0, 0.1) is 6.92 Å². The van der Waals surface area contributed by atoms with Gasteiger partial charge in [0.15, 0.2) is 11.4 Å². The van der Waals surface area contributed by atoms with Crippen molar-refractivity contribution in [1.29, 1.82) is 0 Å². The minimum atomic E-state index is -1.34. The molecule has 0 aliphatic carbocycles. The summed E-state index contributed by atoms with van der Waals surface area (Å²) in [6, 6.07) is 15.5. The van der Waals surface area contributed by atoms with E-state index in [9.17, 15) is 15.0 Å². The van der Waals surface area contributed by atoms with Crippen LogP contribution in [0.2, 0.25) is 0 Å². The van der Waals surface area contributed by atoms with Gasteiger partial charge in [0.25, 0.3) is 0 Å². The molecule has 2 aromatic carbocycles. The second kappa shape index (κ2) is 4.91. The SMILES string of the molecule is Cc1ccc(-c2ccc(C3(C)OC(=O)C(O)=C3O)cc2)cc1. The van der Waals surface area contributed by atoms with E-state index in [2.05, 4.69) is 0 Å². The number of hydrogen-bond donors (Lipinski definition) is 2. The lowest BCUT2D eigenvalue weighted by Crippen LogP contribution is -2.25. The zero-order valence-corrected chi connectivity index (χ0v) is 12.3. The van der Waals surface area contributed by atoms with Gasteiger partial charge in [-0.1, -0.05) is 54.1 Å². The number of cyclic esters (lactones) is 1. The van der Waals surface area contributed by atoms with E-state index in [1.165, 1.54) is 5.56 Å². The maximum atomic E-state index is 11.4. The van der Waals surface area contributed by atoms with Gasteiger partial charge in [0, 0.05) is 5.56 Å². The molecule has 4 nitrogen and oxygen atoms in total. The molecular weight excluding hydrogens is 280 g/mol. The van der Waals surface area contributed by atoms with Crippen LogP contribution >= 0.6 is 0 Å². The van der Waals surface area contributed by atoms with Crippen molar-refractivity contribution >= 4 is 5.97 Å². The zero-order valence-electron chi connectivity index (χ0n) is 12.3. The van der Waals surface area contributed by atoms with Crippen LogP contribution in [0.4, 0.5) is 0 Å². The van der Waals surface area contributed by atoms with Crippen LogP contribution in [0.15, 0.2) is 60.0 Å². The van der Waals surface area contributed by atoms with Gasteiger partial charge < -0.3 is 14.9 Å². The van der Waals surface area contributed by atoms with Crippen molar-refractivity contribution in [3.05, 3.63) is 71.2 Å². The molecule has 1 aliphatic heterocycles. The predicted molar refractivity (Wildman–Crippen MR) is 82.3 cm³/mol. The normalized spacial score (nSPS) is 21.1. The quantitative estimate of drug-likeness (QED) is 0.828. The summed E-state index contributed by atoms with van der Waals surface area (Å²) in [5.74, 6) is -2.10. The maximum Gasteiger partial charge on any atom is 0.378 e. The van der Waals surface area contributed by atoms with Crippen molar-refractivity contribution in [1.82, 2.24) is 0 Å². The minimum Gasteiger partial charge on any atom is -0.505 e. The monoisotopic (exact) mass is 296 g/mol. The topological polar surface area (TPSA) is 66.8 Å². The van der Waals surface area contributed by atoms with Crippen molar-refractivity contribution in [3.63, 3.8) is 0 Å². The van der Waals surface area contributed by atoms with E-state index in [1.807, 2.05) is 43.3 Å². The average molecular weight is 296 g/mol. The second-order valence-electron chi connectivity index (χ2n) is 5.56. The number of esters is 1. The Kier molecular flexibility index (Phi) is 3.17. The highest BCUT2D eigenvalue weighted by Crippen LogP contribution is 2.39. The number of aliphatic hydroxyl groups excluding tert-OH is 2.